The maximum absolute atomic E-state index is 9.92. The average Bonchev–Trinajstić information content (AvgIpc) is 3.62. The SMILES string of the molecule is N#Cc1ccc2c(c1)-c1c(-c3cccc(-c4cccc(-c5ccc(-c6cc(-c7ccc(-c8cccnc8)cc7)nc(-c7ccccc7)n6)cc5)c4)c3)cccc1C21CCCCC1. The molecule has 4 heteroatoms. The molecule has 62 heavy (non-hydrogen) atoms. The molecule has 1 saturated carbocycles. The maximum atomic E-state index is 9.92. The first kappa shape index (κ1) is 37.3. The van der Waals surface area contributed by atoms with Gasteiger partial charge < -0.3 is 0 Å². The first-order chi connectivity index (χ1) is 30.6. The highest BCUT2D eigenvalue weighted by molar-refractivity contribution is 5.94. The minimum absolute atomic E-state index is 0.0294. The normalized spacial score (nSPS) is 13.6. The number of hydrogen-bond donors (Lipinski definition) is 0. The van der Waals surface area contributed by atoms with Crippen LogP contribution in [-0.4, -0.2) is 15.0 Å². The molecule has 0 aliphatic heterocycles. The summed E-state index contributed by atoms with van der Waals surface area (Å²) < 4.78 is 0. The number of nitrogens with zero attached hydrogens (tertiary/aromatic N) is 4. The molecule has 2 aliphatic rings. The van der Waals surface area contributed by atoms with E-state index in [4.69, 9.17) is 9.97 Å². The van der Waals surface area contributed by atoms with Crippen LogP contribution in [0.3, 0.4) is 0 Å². The summed E-state index contributed by atoms with van der Waals surface area (Å²) in [5.74, 6) is 0.693. The molecule has 2 aliphatic carbocycles. The summed E-state index contributed by atoms with van der Waals surface area (Å²) in [6.07, 6.45) is 9.76. The standard InChI is InChI=1S/C58H42N4/c59-37-39-20-29-52-51(33-39)56-50(18-9-19-53(56)58(52)30-5-2-6-31-58)48-16-8-15-47(35-48)46-14-7-13-45(34-46)40-21-25-42(26-22-40)54-36-55(62-57(61-54)44-11-3-1-4-12-44)43-27-23-41(24-28-43)49-17-10-32-60-38-49/h1,3-4,7-29,32-36,38H,2,5-6,30-31H2. The zero-order valence-corrected chi connectivity index (χ0v) is 34.3. The van der Waals surface area contributed by atoms with Crippen LogP contribution in [-0.2, 0) is 5.41 Å². The Morgan fingerprint density at radius 3 is 1.66 bits per heavy atom. The lowest BCUT2D eigenvalue weighted by Crippen LogP contribution is -2.28. The number of hydrogen-bond acceptors (Lipinski definition) is 4. The number of nitriles is 1. The molecule has 7 aromatic carbocycles. The second kappa shape index (κ2) is 15.7. The van der Waals surface area contributed by atoms with Crippen molar-refractivity contribution in [2.45, 2.75) is 37.5 Å². The molecule has 0 atom stereocenters. The van der Waals surface area contributed by atoms with E-state index >= 15 is 0 Å². The van der Waals surface area contributed by atoms with E-state index < -0.39 is 0 Å². The molecule has 2 heterocycles. The summed E-state index contributed by atoms with van der Waals surface area (Å²) in [4.78, 5) is 14.4. The molecule has 294 valence electrons. The van der Waals surface area contributed by atoms with Gasteiger partial charge in [-0.3, -0.25) is 4.98 Å². The number of pyridine rings is 1. The van der Waals surface area contributed by atoms with Crippen LogP contribution < -0.4 is 0 Å². The van der Waals surface area contributed by atoms with Crippen LogP contribution in [0.25, 0.3) is 89.5 Å². The van der Waals surface area contributed by atoms with Crippen molar-refractivity contribution in [1.29, 1.82) is 5.26 Å². The van der Waals surface area contributed by atoms with Gasteiger partial charge in [0, 0.05) is 34.5 Å². The van der Waals surface area contributed by atoms with Crippen LogP contribution in [0, 0.1) is 11.3 Å². The van der Waals surface area contributed by atoms with Crippen LogP contribution in [0.1, 0.15) is 48.8 Å². The van der Waals surface area contributed by atoms with Crippen LogP contribution in [0.4, 0.5) is 0 Å². The van der Waals surface area contributed by atoms with E-state index in [1.807, 2.05) is 36.5 Å². The van der Waals surface area contributed by atoms with Gasteiger partial charge in [-0.1, -0.05) is 165 Å². The van der Waals surface area contributed by atoms with Crippen molar-refractivity contribution in [2.24, 2.45) is 0 Å². The predicted molar refractivity (Wildman–Crippen MR) is 252 cm³/mol. The van der Waals surface area contributed by atoms with Gasteiger partial charge in [0.25, 0.3) is 0 Å². The Balaban J connectivity index is 0.916. The molecule has 0 radical (unpaired) electrons. The Morgan fingerprint density at radius 1 is 0.419 bits per heavy atom. The van der Waals surface area contributed by atoms with Gasteiger partial charge in [0.15, 0.2) is 5.82 Å². The van der Waals surface area contributed by atoms with Crippen LogP contribution >= 0.6 is 0 Å². The third-order valence-electron chi connectivity index (χ3n) is 13.0. The van der Waals surface area contributed by atoms with Gasteiger partial charge in [0.1, 0.15) is 0 Å². The van der Waals surface area contributed by atoms with Crippen molar-refractivity contribution in [2.75, 3.05) is 0 Å². The topological polar surface area (TPSA) is 62.5 Å². The summed E-state index contributed by atoms with van der Waals surface area (Å²) >= 11 is 0. The van der Waals surface area contributed by atoms with E-state index in [9.17, 15) is 5.26 Å². The van der Waals surface area contributed by atoms with Gasteiger partial charge in [-0.2, -0.15) is 5.26 Å². The molecule has 0 N–H and O–H groups in total. The van der Waals surface area contributed by atoms with Gasteiger partial charge in [0.05, 0.1) is 23.0 Å². The fourth-order valence-corrected chi connectivity index (χ4v) is 9.96. The molecule has 2 aromatic heterocycles. The lowest BCUT2D eigenvalue weighted by atomic mass is 9.67. The van der Waals surface area contributed by atoms with E-state index in [2.05, 4.69) is 163 Å². The van der Waals surface area contributed by atoms with Gasteiger partial charge in [0.2, 0.25) is 0 Å². The van der Waals surface area contributed by atoms with Crippen molar-refractivity contribution in [3.05, 3.63) is 211 Å². The van der Waals surface area contributed by atoms with Crippen molar-refractivity contribution in [3.63, 3.8) is 0 Å². The van der Waals surface area contributed by atoms with Gasteiger partial charge in [-0.05, 0) is 116 Å². The minimum Gasteiger partial charge on any atom is -0.264 e. The number of aromatic nitrogens is 3. The second-order valence-electron chi connectivity index (χ2n) is 16.6. The molecule has 9 aromatic rings. The molecule has 0 unspecified atom stereocenters. The lowest BCUT2D eigenvalue weighted by molar-refractivity contribution is 0.353. The largest absolute Gasteiger partial charge is 0.264 e. The Bertz CT molecular complexity index is 3140. The van der Waals surface area contributed by atoms with Gasteiger partial charge in [-0.15, -0.1) is 0 Å². The Hall–Kier alpha value is -7.74. The zero-order valence-electron chi connectivity index (χ0n) is 34.3. The smallest absolute Gasteiger partial charge is 0.160 e. The molecule has 1 fully saturated rings. The van der Waals surface area contributed by atoms with E-state index in [1.165, 1.54) is 63.8 Å². The first-order valence-electron chi connectivity index (χ1n) is 21.6. The van der Waals surface area contributed by atoms with Crippen molar-refractivity contribution in [1.82, 2.24) is 15.0 Å². The molecular formula is C58H42N4. The highest BCUT2D eigenvalue weighted by Crippen LogP contribution is 2.58. The van der Waals surface area contributed by atoms with Gasteiger partial charge >= 0.3 is 0 Å². The Labute approximate surface area is 362 Å². The number of rotatable bonds is 7. The number of benzene rings is 7. The molecule has 1 spiro atoms. The fraction of sp³-hybridized carbons (Fsp3) is 0.103. The van der Waals surface area contributed by atoms with E-state index in [-0.39, 0.29) is 5.41 Å². The van der Waals surface area contributed by atoms with Gasteiger partial charge in [-0.25, -0.2) is 9.97 Å². The van der Waals surface area contributed by atoms with E-state index in [1.54, 1.807) is 6.20 Å². The van der Waals surface area contributed by atoms with Crippen LogP contribution in [0.15, 0.2) is 194 Å². The summed E-state index contributed by atoms with van der Waals surface area (Å²) in [5, 5.41) is 9.92. The quantitative estimate of drug-likeness (QED) is 0.161. The summed E-state index contributed by atoms with van der Waals surface area (Å²) in [6, 6.07) is 67.0. The molecule has 0 amide bonds. The monoisotopic (exact) mass is 794 g/mol. The molecule has 4 nitrogen and oxygen atoms in total. The van der Waals surface area contributed by atoms with Crippen molar-refractivity contribution in [3.8, 4) is 95.6 Å². The van der Waals surface area contributed by atoms with E-state index in [0.717, 1.165) is 68.7 Å². The zero-order chi connectivity index (χ0) is 41.5. The maximum Gasteiger partial charge on any atom is 0.160 e. The highest BCUT2D eigenvalue weighted by atomic mass is 14.9. The predicted octanol–water partition coefficient (Wildman–Crippen LogP) is 14.6. The Kier molecular flexibility index (Phi) is 9.44. The molecule has 0 saturated heterocycles. The van der Waals surface area contributed by atoms with Crippen LogP contribution in [0.5, 0.6) is 0 Å². The summed E-state index contributed by atoms with van der Waals surface area (Å²) in [6.45, 7) is 0. The summed E-state index contributed by atoms with van der Waals surface area (Å²) in [7, 11) is 0. The summed E-state index contributed by atoms with van der Waals surface area (Å²) in [5.41, 5.74) is 20.1. The third kappa shape index (κ3) is 6.69. The molecule has 11 rings (SSSR count). The van der Waals surface area contributed by atoms with Crippen molar-refractivity contribution >= 4 is 0 Å². The average molecular weight is 795 g/mol. The molecular weight excluding hydrogens is 753 g/mol. The Morgan fingerprint density at radius 2 is 1.00 bits per heavy atom. The molecule has 0 bridgehead atoms. The van der Waals surface area contributed by atoms with Crippen LogP contribution in [0.2, 0.25) is 0 Å². The second-order valence-corrected chi connectivity index (χ2v) is 16.6. The highest BCUT2D eigenvalue weighted by Gasteiger charge is 2.44. The third-order valence-corrected chi connectivity index (χ3v) is 13.0. The fourth-order valence-electron chi connectivity index (χ4n) is 9.96. The first-order valence-corrected chi connectivity index (χ1v) is 21.6. The lowest BCUT2D eigenvalue weighted by Gasteiger charge is -2.36. The van der Waals surface area contributed by atoms with Crippen molar-refractivity contribution < 1.29 is 0 Å². The van der Waals surface area contributed by atoms with E-state index in [0.29, 0.717) is 5.82 Å². The number of fused-ring (bicyclic) bond motifs is 5. The minimum atomic E-state index is 0.0294.